The van der Waals surface area contributed by atoms with E-state index in [1.165, 1.54) is 30.3 Å². The second kappa shape index (κ2) is 12.4. The molecule has 2 unspecified atom stereocenters. The molecule has 3 aromatic rings. The molecule has 0 aliphatic heterocycles. The van der Waals surface area contributed by atoms with Crippen LogP contribution in [0, 0.1) is 5.92 Å². The minimum absolute atomic E-state index is 0.0634. The van der Waals surface area contributed by atoms with E-state index in [2.05, 4.69) is 10.6 Å². The summed E-state index contributed by atoms with van der Waals surface area (Å²) in [4.78, 5) is 37.8. The van der Waals surface area contributed by atoms with Gasteiger partial charge >= 0.3 is 6.18 Å². The van der Waals surface area contributed by atoms with Crippen LogP contribution in [0.4, 0.5) is 24.5 Å². The minimum Gasteiger partial charge on any atom is -0.326 e. The lowest BCUT2D eigenvalue weighted by Gasteiger charge is -2.10. The van der Waals surface area contributed by atoms with Crippen LogP contribution in [0.3, 0.4) is 0 Å². The van der Waals surface area contributed by atoms with Gasteiger partial charge < -0.3 is 10.6 Å². The van der Waals surface area contributed by atoms with Crippen molar-refractivity contribution in [2.45, 2.75) is 35.7 Å². The summed E-state index contributed by atoms with van der Waals surface area (Å²) >= 11 is 31.3. The molecule has 0 saturated heterocycles. The summed E-state index contributed by atoms with van der Waals surface area (Å²) in [5.74, 6) is -2.94. The van der Waals surface area contributed by atoms with Crippen molar-refractivity contribution in [1.29, 1.82) is 0 Å². The predicted molar refractivity (Wildman–Crippen MR) is 156 cm³/mol. The van der Waals surface area contributed by atoms with Gasteiger partial charge in [0.15, 0.2) is 5.78 Å². The molecule has 0 aromatic heterocycles. The van der Waals surface area contributed by atoms with Gasteiger partial charge in [0, 0.05) is 45.7 Å². The van der Waals surface area contributed by atoms with Gasteiger partial charge in [0.1, 0.15) is 4.33 Å². The van der Waals surface area contributed by atoms with Gasteiger partial charge in [-0.3, -0.25) is 14.4 Å². The molecule has 1 saturated carbocycles. The molecule has 5 nitrogen and oxygen atoms in total. The standard InChI is InChI=1S/C28H20Cl5F3N2O3/c29-16-10-15(11-17(30)12-16)24-25(28(24,32)33)26(41)38-19-5-6-21(31)20(13-19)22(39)9-14-1-3-18(4-2-14)37-23(40)7-8-27(34,35)36/h1-6,10-13,24-25H,7-9H2,(H,37,40)(H,38,41). The van der Waals surface area contributed by atoms with Crippen LogP contribution in [0.5, 0.6) is 0 Å². The molecule has 13 heteroatoms. The summed E-state index contributed by atoms with van der Waals surface area (Å²) < 4.78 is 35.5. The van der Waals surface area contributed by atoms with E-state index in [1.54, 1.807) is 30.3 Å². The fourth-order valence-electron chi connectivity index (χ4n) is 4.32. The summed E-state index contributed by atoms with van der Waals surface area (Å²) in [5.41, 5.74) is 1.95. The zero-order chi connectivity index (χ0) is 30.1. The van der Waals surface area contributed by atoms with Crippen LogP contribution < -0.4 is 10.6 Å². The second-order valence-electron chi connectivity index (χ2n) is 9.48. The molecule has 2 atom stereocenters. The Hall–Kier alpha value is -2.49. The summed E-state index contributed by atoms with van der Waals surface area (Å²) in [6.45, 7) is 0. The number of carbonyl (C=O) groups is 3. The third kappa shape index (κ3) is 8.08. The summed E-state index contributed by atoms with van der Waals surface area (Å²) in [7, 11) is 0. The van der Waals surface area contributed by atoms with Crippen LogP contribution in [0.1, 0.15) is 40.2 Å². The van der Waals surface area contributed by atoms with Crippen LogP contribution >= 0.6 is 58.0 Å². The van der Waals surface area contributed by atoms with Gasteiger partial charge in [-0.2, -0.15) is 13.2 Å². The first kappa shape index (κ1) is 31.4. The van der Waals surface area contributed by atoms with Gasteiger partial charge in [0.25, 0.3) is 0 Å². The first-order valence-corrected chi connectivity index (χ1v) is 14.0. The molecule has 41 heavy (non-hydrogen) atoms. The molecule has 216 valence electrons. The molecule has 3 aromatic carbocycles. The van der Waals surface area contributed by atoms with Crippen molar-refractivity contribution in [3.8, 4) is 0 Å². The molecule has 1 fully saturated rings. The number of benzene rings is 3. The predicted octanol–water partition coefficient (Wildman–Crippen LogP) is 8.88. The fraction of sp³-hybridized carbons (Fsp3) is 0.250. The van der Waals surface area contributed by atoms with Crippen molar-refractivity contribution >= 4 is 87.0 Å². The third-order valence-corrected chi connectivity index (χ3v) is 8.06. The Labute approximate surface area is 258 Å². The highest BCUT2D eigenvalue weighted by atomic mass is 35.5. The first-order valence-electron chi connectivity index (χ1n) is 12.1. The van der Waals surface area contributed by atoms with Crippen molar-refractivity contribution < 1.29 is 27.6 Å². The number of hydrogen-bond donors (Lipinski definition) is 2. The summed E-state index contributed by atoms with van der Waals surface area (Å²) in [5, 5.41) is 6.04. The Morgan fingerprint density at radius 2 is 1.44 bits per heavy atom. The number of Topliss-reactive ketones (excluding diaryl/α,β-unsaturated/α-hetero) is 1. The van der Waals surface area contributed by atoms with Crippen molar-refractivity contribution in [1.82, 2.24) is 0 Å². The van der Waals surface area contributed by atoms with Gasteiger partial charge in [-0.1, -0.05) is 46.9 Å². The van der Waals surface area contributed by atoms with Crippen molar-refractivity contribution in [3.05, 3.63) is 92.4 Å². The van der Waals surface area contributed by atoms with Gasteiger partial charge in [-0.05, 0) is 59.7 Å². The Morgan fingerprint density at radius 3 is 2.05 bits per heavy atom. The minimum atomic E-state index is -4.42. The molecule has 0 radical (unpaired) electrons. The average molecular weight is 667 g/mol. The van der Waals surface area contributed by atoms with Gasteiger partial charge in [-0.15, -0.1) is 23.2 Å². The molecular formula is C28H20Cl5F3N2O3. The first-order chi connectivity index (χ1) is 19.1. The van der Waals surface area contributed by atoms with Gasteiger partial charge in [-0.25, -0.2) is 0 Å². The SMILES string of the molecule is O=C(CCC(F)(F)F)Nc1ccc(CC(=O)c2cc(NC(=O)C3C(c4cc(Cl)cc(Cl)c4)C3(Cl)Cl)ccc2Cl)cc1. The zero-order valence-electron chi connectivity index (χ0n) is 20.8. The van der Waals surface area contributed by atoms with Crippen molar-refractivity contribution in [2.75, 3.05) is 10.6 Å². The largest absolute Gasteiger partial charge is 0.389 e. The highest BCUT2D eigenvalue weighted by molar-refractivity contribution is 6.53. The van der Waals surface area contributed by atoms with Gasteiger partial charge in [0.2, 0.25) is 11.8 Å². The molecule has 0 spiro atoms. The molecule has 2 amide bonds. The Morgan fingerprint density at radius 1 is 0.829 bits per heavy atom. The Bertz CT molecular complexity index is 1480. The molecule has 1 aliphatic rings. The van der Waals surface area contributed by atoms with Crippen molar-refractivity contribution in [2.24, 2.45) is 5.92 Å². The molecular weight excluding hydrogens is 647 g/mol. The van der Waals surface area contributed by atoms with Crippen LogP contribution in [0.25, 0.3) is 0 Å². The lowest BCUT2D eigenvalue weighted by molar-refractivity contribution is -0.142. The monoisotopic (exact) mass is 664 g/mol. The number of alkyl halides is 5. The van der Waals surface area contributed by atoms with E-state index in [0.717, 1.165) is 0 Å². The molecule has 4 rings (SSSR count). The van der Waals surface area contributed by atoms with E-state index in [0.29, 0.717) is 32.5 Å². The number of halogens is 8. The highest BCUT2D eigenvalue weighted by Gasteiger charge is 2.67. The third-order valence-electron chi connectivity index (χ3n) is 6.35. The van der Waals surface area contributed by atoms with E-state index in [-0.39, 0.29) is 22.8 Å². The topological polar surface area (TPSA) is 75.3 Å². The van der Waals surface area contributed by atoms with Crippen molar-refractivity contribution in [3.63, 3.8) is 0 Å². The molecule has 1 aliphatic carbocycles. The average Bonchev–Trinajstić information content (AvgIpc) is 3.46. The Kier molecular flexibility index (Phi) is 9.51. The van der Waals surface area contributed by atoms with Crippen LogP contribution in [-0.4, -0.2) is 28.1 Å². The fourth-order valence-corrected chi connectivity index (χ4v) is 5.92. The normalized spacial score (nSPS) is 17.6. The van der Waals surface area contributed by atoms with Crippen LogP contribution in [0.2, 0.25) is 15.1 Å². The number of amides is 2. The molecule has 2 N–H and O–H groups in total. The lowest BCUT2D eigenvalue weighted by atomic mass is 10.0. The second-order valence-corrected chi connectivity index (χ2v) is 12.2. The number of ketones is 1. The maximum absolute atomic E-state index is 13.0. The number of rotatable bonds is 9. The number of anilines is 2. The van der Waals surface area contributed by atoms with E-state index in [4.69, 9.17) is 58.0 Å². The van der Waals surface area contributed by atoms with Crippen LogP contribution in [-0.2, 0) is 16.0 Å². The molecule has 0 bridgehead atoms. The van der Waals surface area contributed by atoms with Crippen LogP contribution in [0.15, 0.2) is 60.7 Å². The number of hydrogen-bond acceptors (Lipinski definition) is 3. The quantitative estimate of drug-likeness (QED) is 0.177. The van der Waals surface area contributed by atoms with E-state index in [9.17, 15) is 27.6 Å². The van der Waals surface area contributed by atoms with E-state index < -0.39 is 47.0 Å². The number of carbonyl (C=O) groups excluding carboxylic acids is 3. The van der Waals surface area contributed by atoms with E-state index in [1.807, 2.05) is 0 Å². The molecule has 0 heterocycles. The highest BCUT2D eigenvalue weighted by Crippen LogP contribution is 2.65. The smallest absolute Gasteiger partial charge is 0.326 e. The number of nitrogens with one attached hydrogen (secondary N) is 2. The van der Waals surface area contributed by atoms with Gasteiger partial charge in [0.05, 0.1) is 17.4 Å². The maximum Gasteiger partial charge on any atom is 0.389 e. The lowest BCUT2D eigenvalue weighted by Crippen LogP contribution is -2.17. The van der Waals surface area contributed by atoms with E-state index >= 15 is 0 Å². The summed E-state index contributed by atoms with van der Waals surface area (Å²) in [6, 6.07) is 15.4. The zero-order valence-corrected chi connectivity index (χ0v) is 24.6. The summed E-state index contributed by atoms with van der Waals surface area (Å²) in [6.07, 6.45) is -6.40. The maximum atomic E-state index is 13.0. The Balaban J connectivity index is 1.39.